The number of benzene rings is 2. The van der Waals surface area contributed by atoms with E-state index in [-0.39, 0.29) is 5.91 Å². The van der Waals surface area contributed by atoms with Crippen LogP contribution in [0, 0.1) is 6.92 Å². The van der Waals surface area contributed by atoms with Crippen LogP contribution in [0.5, 0.6) is 5.75 Å². The fourth-order valence-electron chi connectivity index (χ4n) is 3.40. The van der Waals surface area contributed by atoms with E-state index in [0.29, 0.717) is 35.6 Å². The summed E-state index contributed by atoms with van der Waals surface area (Å²) in [5.74, 6) is 2.07. The van der Waals surface area contributed by atoms with E-state index in [1.54, 1.807) is 14.0 Å². The predicted octanol–water partition coefficient (Wildman–Crippen LogP) is 3.61. The number of amides is 1. The molecule has 0 atom stereocenters. The van der Waals surface area contributed by atoms with Gasteiger partial charge in [-0.1, -0.05) is 12.1 Å². The lowest BCUT2D eigenvalue weighted by atomic mass is 10.1. The van der Waals surface area contributed by atoms with Gasteiger partial charge in [-0.3, -0.25) is 4.79 Å². The van der Waals surface area contributed by atoms with Crippen LogP contribution >= 0.6 is 0 Å². The van der Waals surface area contributed by atoms with Crippen molar-refractivity contribution in [1.82, 2.24) is 14.9 Å². The maximum absolute atomic E-state index is 12.7. The van der Waals surface area contributed by atoms with Crippen molar-refractivity contribution < 1.29 is 13.9 Å². The van der Waals surface area contributed by atoms with Crippen LogP contribution < -0.4 is 10.1 Å². The van der Waals surface area contributed by atoms with Gasteiger partial charge in [-0.15, -0.1) is 0 Å². The summed E-state index contributed by atoms with van der Waals surface area (Å²) < 4.78 is 13.0. The highest BCUT2D eigenvalue weighted by molar-refractivity contribution is 6.07. The summed E-state index contributed by atoms with van der Waals surface area (Å²) in [6, 6.07) is 13.5. The molecule has 4 aromatic rings. The van der Waals surface area contributed by atoms with Gasteiger partial charge in [0.25, 0.3) is 5.91 Å². The number of nitrogens with one attached hydrogen (secondary N) is 1. The van der Waals surface area contributed by atoms with E-state index < -0.39 is 0 Å². The molecule has 2 heterocycles. The van der Waals surface area contributed by atoms with Crippen molar-refractivity contribution in [2.75, 3.05) is 13.7 Å². The highest BCUT2D eigenvalue weighted by Crippen LogP contribution is 2.29. The number of furan rings is 1. The molecule has 0 fully saturated rings. The van der Waals surface area contributed by atoms with Crippen molar-refractivity contribution in [2.45, 2.75) is 13.3 Å². The first-order valence-electron chi connectivity index (χ1n) is 8.84. The third-order valence-corrected chi connectivity index (χ3v) is 4.81. The molecule has 138 valence electrons. The van der Waals surface area contributed by atoms with Gasteiger partial charge in [-0.25, -0.2) is 4.98 Å². The quantitative estimate of drug-likeness (QED) is 0.588. The molecular weight excluding hydrogens is 342 g/mol. The predicted molar refractivity (Wildman–Crippen MR) is 104 cm³/mol. The molecule has 0 saturated heterocycles. The number of imidazole rings is 1. The zero-order chi connectivity index (χ0) is 19.0. The molecular formula is C21H21N3O3. The van der Waals surface area contributed by atoms with Crippen LogP contribution in [0.1, 0.15) is 21.9 Å². The summed E-state index contributed by atoms with van der Waals surface area (Å²) in [4.78, 5) is 17.4. The topological polar surface area (TPSA) is 69.3 Å². The second-order valence-corrected chi connectivity index (χ2v) is 6.48. The monoisotopic (exact) mass is 363 g/mol. The molecule has 0 radical (unpaired) electrons. The van der Waals surface area contributed by atoms with Crippen molar-refractivity contribution >= 4 is 27.9 Å². The number of aromatic nitrogens is 2. The van der Waals surface area contributed by atoms with E-state index in [1.165, 1.54) is 0 Å². The number of hydrogen-bond donors (Lipinski definition) is 1. The first-order valence-corrected chi connectivity index (χ1v) is 8.84. The minimum atomic E-state index is -0.154. The summed E-state index contributed by atoms with van der Waals surface area (Å²) in [6.45, 7) is 2.29. The van der Waals surface area contributed by atoms with E-state index >= 15 is 0 Å². The maximum Gasteiger partial charge on any atom is 0.255 e. The molecule has 0 unspecified atom stereocenters. The van der Waals surface area contributed by atoms with Gasteiger partial charge in [-0.05, 0) is 37.3 Å². The van der Waals surface area contributed by atoms with Crippen LogP contribution in [0.15, 0.2) is 46.9 Å². The maximum atomic E-state index is 12.7. The molecule has 0 aliphatic heterocycles. The first kappa shape index (κ1) is 17.1. The molecule has 1 N–H and O–H groups in total. The molecule has 2 aromatic carbocycles. The molecule has 0 bridgehead atoms. The number of carbonyl (C=O) groups is 1. The zero-order valence-electron chi connectivity index (χ0n) is 15.6. The molecule has 2 aromatic heterocycles. The number of rotatable bonds is 5. The molecule has 6 nitrogen and oxygen atoms in total. The van der Waals surface area contributed by atoms with Crippen LogP contribution in [0.4, 0.5) is 0 Å². The summed E-state index contributed by atoms with van der Waals surface area (Å²) in [6.07, 6.45) is 0.648. The van der Waals surface area contributed by atoms with Crippen molar-refractivity contribution in [3.8, 4) is 5.75 Å². The Balaban J connectivity index is 1.52. The van der Waals surface area contributed by atoms with E-state index in [9.17, 15) is 4.79 Å². The van der Waals surface area contributed by atoms with Gasteiger partial charge in [0.15, 0.2) is 0 Å². The SMILES string of the molecule is COc1ccc2oc(C)c(C(=O)NCCc3nc4ccccc4n3C)c2c1. The van der Waals surface area contributed by atoms with Crippen molar-refractivity contribution in [1.29, 1.82) is 0 Å². The van der Waals surface area contributed by atoms with Gasteiger partial charge in [0.05, 0.1) is 23.7 Å². The van der Waals surface area contributed by atoms with Crippen LogP contribution in [0.3, 0.4) is 0 Å². The number of nitrogens with zero attached hydrogens (tertiary/aromatic N) is 2. The highest BCUT2D eigenvalue weighted by Gasteiger charge is 2.19. The Morgan fingerprint density at radius 3 is 2.85 bits per heavy atom. The fraction of sp³-hybridized carbons (Fsp3) is 0.238. The van der Waals surface area contributed by atoms with Gasteiger partial charge in [0, 0.05) is 25.4 Å². The largest absolute Gasteiger partial charge is 0.497 e. The van der Waals surface area contributed by atoms with E-state index in [0.717, 1.165) is 22.2 Å². The van der Waals surface area contributed by atoms with Crippen LogP contribution in [-0.4, -0.2) is 29.1 Å². The Morgan fingerprint density at radius 1 is 1.26 bits per heavy atom. The van der Waals surface area contributed by atoms with Gasteiger partial charge in [0.1, 0.15) is 22.9 Å². The average Bonchev–Trinajstić information content (AvgIpc) is 3.17. The van der Waals surface area contributed by atoms with Crippen LogP contribution in [0.25, 0.3) is 22.0 Å². The molecule has 6 heteroatoms. The Morgan fingerprint density at radius 2 is 2.07 bits per heavy atom. The molecule has 0 saturated carbocycles. The molecule has 0 aliphatic carbocycles. The Kier molecular flexibility index (Phi) is 4.32. The highest BCUT2D eigenvalue weighted by atomic mass is 16.5. The molecule has 0 spiro atoms. The third-order valence-electron chi connectivity index (χ3n) is 4.81. The second kappa shape index (κ2) is 6.79. The fourth-order valence-corrected chi connectivity index (χ4v) is 3.40. The minimum Gasteiger partial charge on any atom is -0.497 e. The molecule has 0 aliphatic rings. The number of hydrogen-bond acceptors (Lipinski definition) is 4. The standard InChI is InChI=1S/C21H21N3O3/c1-13-20(15-12-14(26-3)8-9-18(15)27-13)21(25)22-11-10-19-23-16-6-4-5-7-17(16)24(19)2/h4-9,12H,10-11H2,1-3H3,(H,22,25). The number of carbonyl (C=O) groups excluding carboxylic acids is 1. The van der Waals surface area contributed by atoms with E-state index in [4.69, 9.17) is 9.15 Å². The van der Waals surface area contributed by atoms with Crippen molar-refractivity contribution in [2.24, 2.45) is 7.05 Å². The number of methoxy groups -OCH3 is 1. The average molecular weight is 363 g/mol. The lowest BCUT2D eigenvalue weighted by molar-refractivity contribution is 0.0954. The van der Waals surface area contributed by atoms with Crippen LogP contribution in [0.2, 0.25) is 0 Å². The lowest BCUT2D eigenvalue weighted by Gasteiger charge is -2.06. The molecule has 27 heavy (non-hydrogen) atoms. The van der Waals surface area contributed by atoms with E-state index in [2.05, 4.69) is 14.9 Å². The number of para-hydroxylation sites is 2. The first-order chi connectivity index (χ1) is 13.1. The number of aryl methyl sites for hydroxylation is 2. The number of fused-ring (bicyclic) bond motifs is 2. The molecule has 4 rings (SSSR count). The second-order valence-electron chi connectivity index (χ2n) is 6.48. The summed E-state index contributed by atoms with van der Waals surface area (Å²) in [5.41, 5.74) is 3.27. The smallest absolute Gasteiger partial charge is 0.255 e. The normalized spacial score (nSPS) is 11.2. The van der Waals surface area contributed by atoms with Crippen molar-refractivity contribution in [3.63, 3.8) is 0 Å². The number of ether oxygens (including phenoxy) is 1. The summed E-state index contributed by atoms with van der Waals surface area (Å²) in [7, 11) is 3.59. The Bertz CT molecular complexity index is 1140. The van der Waals surface area contributed by atoms with Gasteiger partial charge < -0.3 is 19.0 Å². The summed E-state index contributed by atoms with van der Waals surface area (Å²) >= 11 is 0. The lowest BCUT2D eigenvalue weighted by Crippen LogP contribution is -2.26. The Hall–Kier alpha value is -3.28. The van der Waals surface area contributed by atoms with Gasteiger partial charge in [0.2, 0.25) is 0 Å². The van der Waals surface area contributed by atoms with Crippen molar-refractivity contribution in [3.05, 3.63) is 59.6 Å². The van der Waals surface area contributed by atoms with Crippen LogP contribution in [-0.2, 0) is 13.5 Å². The van der Waals surface area contributed by atoms with Gasteiger partial charge in [-0.2, -0.15) is 0 Å². The van der Waals surface area contributed by atoms with E-state index in [1.807, 2.05) is 49.5 Å². The summed E-state index contributed by atoms with van der Waals surface area (Å²) in [5, 5.41) is 3.74. The Labute approximate surface area is 156 Å². The van der Waals surface area contributed by atoms with Gasteiger partial charge >= 0.3 is 0 Å². The third kappa shape index (κ3) is 3.03. The minimum absolute atomic E-state index is 0.154. The zero-order valence-corrected chi connectivity index (χ0v) is 15.6. The molecule has 1 amide bonds.